The molecule has 138 valence electrons. The summed E-state index contributed by atoms with van der Waals surface area (Å²) >= 11 is 12.1. The molecule has 3 rings (SSSR count). The molecule has 0 radical (unpaired) electrons. The van der Waals surface area contributed by atoms with Crippen LogP contribution in [0.4, 0.5) is 5.69 Å². The van der Waals surface area contributed by atoms with Gasteiger partial charge in [-0.1, -0.05) is 23.2 Å². The Balaban J connectivity index is 1.58. The van der Waals surface area contributed by atoms with Crippen LogP contribution in [0.25, 0.3) is 11.3 Å². The first-order chi connectivity index (χ1) is 12.9. The highest BCUT2D eigenvalue weighted by atomic mass is 35.5. The fourth-order valence-corrected chi connectivity index (χ4v) is 2.97. The fourth-order valence-electron chi connectivity index (χ4n) is 2.47. The molecular formula is C20H16Cl2N2O3. The van der Waals surface area contributed by atoms with E-state index in [9.17, 15) is 9.59 Å². The maximum absolute atomic E-state index is 12.1. The summed E-state index contributed by atoms with van der Waals surface area (Å²) in [6.07, 6.45) is 2.13. The second-order valence-electron chi connectivity index (χ2n) is 5.92. The van der Waals surface area contributed by atoms with Crippen LogP contribution in [0, 0.1) is 0 Å². The quantitative estimate of drug-likeness (QED) is 0.558. The number of carbonyl (C=O) groups excluding carboxylic acids is 2. The third-order valence-electron chi connectivity index (χ3n) is 3.89. The Bertz CT molecular complexity index is 981. The van der Waals surface area contributed by atoms with Crippen LogP contribution in [0.2, 0.25) is 10.0 Å². The van der Waals surface area contributed by atoms with Gasteiger partial charge in [-0.15, -0.1) is 0 Å². The molecule has 1 amide bonds. The van der Waals surface area contributed by atoms with Crippen molar-refractivity contribution in [1.82, 2.24) is 4.98 Å². The summed E-state index contributed by atoms with van der Waals surface area (Å²) in [7, 11) is 0. The van der Waals surface area contributed by atoms with E-state index in [1.165, 1.54) is 6.92 Å². The number of hydrogen-bond acceptors (Lipinski definition) is 4. The number of nitrogens with one attached hydrogen (secondary N) is 1. The van der Waals surface area contributed by atoms with E-state index in [4.69, 9.17) is 27.6 Å². The average molecular weight is 403 g/mol. The van der Waals surface area contributed by atoms with Crippen LogP contribution in [0.1, 0.15) is 29.6 Å². The summed E-state index contributed by atoms with van der Waals surface area (Å²) < 4.78 is 5.68. The molecule has 7 heteroatoms. The molecular weight excluding hydrogens is 387 g/mol. The molecule has 5 nitrogen and oxygen atoms in total. The number of aromatic nitrogens is 1. The van der Waals surface area contributed by atoms with Gasteiger partial charge in [0.1, 0.15) is 0 Å². The number of carbonyl (C=O) groups is 2. The minimum Gasteiger partial charge on any atom is -0.441 e. The highest BCUT2D eigenvalue weighted by Gasteiger charge is 2.12. The Hall–Kier alpha value is -2.63. The first kappa shape index (κ1) is 19.1. The Labute approximate surface area is 166 Å². The van der Waals surface area contributed by atoms with E-state index in [0.29, 0.717) is 44.9 Å². The van der Waals surface area contributed by atoms with E-state index in [1.54, 1.807) is 48.7 Å². The molecule has 3 aromatic rings. The van der Waals surface area contributed by atoms with E-state index < -0.39 is 0 Å². The van der Waals surface area contributed by atoms with Gasteiger partial charge in [0.15, 0.2) is 17.4 Å². The van der Waals surface area contributed by atoms with Gasteiger partial charge in [0.25, 0.3) is 0 Å². The molecule has 0 aliphatic heterocycles. The Morgan fingerprint density at radius 2 is 1.85 bits per heavy atom. The lowest BCUT2D eigenvalue weighted by Crippen LogP contribution is -2.12. The third kappa shape index (κ3) is 4.96. The van der Waals surface area contributed by atoms with E-state index in [0.717, 1.165) is 0 Å². The third-order valence-corrected chi connectivity index (χ3v) is 4.44. The zero-order valence-electron chi connectivity index (χ0n) is 14.5. The maximum atomic E-state index is 12.1. The van der Waals surface area contributed by atoms with Gasteiger partial charge in [0.05, 0.1) is 11.2 Å². The molecule has 0 saturated heterocycles. The molecule has 0 aliphatic carbocycles. The van der Waals surface area contributed by atoms with Crippen molar-refractivity contribution in [3.8, 4) is 11.3 Å². The Morgan fingerprint density at radius 1 is 1.11 bits per heavy atom. The smallest absolute Gasteiger partial charge is 0.224 e. The fraction of sp³-hybridized carbons (Fsp3) is 0.150. The number of nitrogens with zero attached hydrogens (tertiary/aromatic N) is 1. The van der Waals surface area contributed by atoms with Crippen molar-refractivity contribution < 1.29 is 14.0 Å². The summed E-state index contributed by atoms with van der Waals surface area (Å²) in [6, 6.07) is 11.8. The van der Waals surface area contributed by atoms with Crippen molar-refractivity contribution in [2.45, 2.75) is 19.8 Å². The lowest BCUT2D eigenvalue weighted by atomic mass is 10.1. The van der Waals surface area contributed by atoms with Gasteiger partial charge in [-0.3, -0.25) is 9.59 Å². The van der Waals surface area contributed by atoms with E-state index >= 15 is 0 Å². The van der Waals surface area contributed by atoms with Crippen LogP contribution in [0.15, 0.2) is 53.1 Å². The normalized spacial score (nSPS) is 10.6. The van der Waals surface area contributed by atoms with E-state index in [1.807, 2.05) is 0 Å². The van der Waals surface area contributed by atoms with Crippen LogP contribution in [-0.4, -0.2) is 16.7 Å². The molecule has 0 aliphatic rings. The minimum absolute atomic E-state index is 0.0200. The minimum atomic E-state index is -0.171. The average Bonchev–Trinajstić information content (AvgIpc) is 3.09. The van der Waals surface area contributed by atoms with Crippen LogP contribution < -0.4 is 5.32 Å². The van der Waals surface area contributed by atoms with Crippen LogP contribution in [0.3, 0.4) is 0 Å². The van der Waals surface area contributed by atoms with Crippen molar-refractivity contribution in [3.05, 3.63) is 70.2 Å². The molecule has 0 atom stereocenters. The highest BCUT2D eigenvalue weighted by Crippen LogP contribution is 2.30. The number of ketones is 1. The van der Waals surface area contributed by atoms with Crippen molar-refractivity contribution in [1.29, 1.82) is 0 Å². The zero-order valence-corrected chi connectivity index (χ0v) is 16.0. The highest BCUT2D eigenvalue weighted by molar-refractivity contribution is 6.36. The SMILES string of the molecule is CC(=O)c1ccc(NC(=O)CCc2ncc(-c3ccc(Cl)cc3Cl)o2)cc1. The predicted molar refractivity (Wildman–Crippen MR) is 105 cm³/mol. The molecule has 0 spiro atoms. The number of benzene rings is 2. The first-order valence-electron chi connectivity index (χ1n) is 8.23. The van der Waals surface area contributed by atoms with Gasteiger partial charge in [0.2, 0.25) is 5.91 Å². The molecule has 27 heavy (non-hydrogen) atoms. The van der Waals surface area contributed by atoms with Crippen LogP contribution in [-0.2, 0) is 11.2 Å². The topological polar surface area (TPSA) is 72.2 Å². The molecule has 0 fully saturated rings. The second kappa shape index (κ2) is 8.37. The molecule has 0 bridgehead atoms. The standard InChI is InChI=1S/C20H16Cl2N2O3/c1-12(25)13-2-5-15(6-3-13)24-19(26)8-9-20-23-11-18(27-20)16-7-4-14(21)10-17(16)22/h2-7,10-11H,8-9H2,1H3,(H,24,26). The number of oxazole rings is 1. The van der Waals surface area contributed by atoms with Gasteiger partial charge in [-0.05, 0) is 49.4 Å². The molecule has 2 aromatic carbocycles. The summed E-state index contributed by atoms with van der Waals surface area (Å²) in [6.45, 7) is 1.50. The summed E-state index contributed by atoms with van der Waals surface area (Å²) in [5, 5.41) is 3.78. The molecule has 1 aromatic heterocycles. The van der Waals surface area contributed by atoms with Gasteiger partial charge >= 0.3 is 0 Å². The largest absolute Gasteiger partial charge is 0.441 e. The molecule has 0 unspecified atom stereocenters. The van der Waals surface area contributed by atoms with Gasteiger partial charge < -0.3 is 9.73 Å². The van der Waals surface area contributed by atoms with Crippen LogP contribution in [0.5, 0.6) is 0 Å². The number of Topliss-reactive ketones (excluding diaryl/α,β-unsaturated/α-hetero) is 1. The number of anilines is 1. The number of rotatable bonds is 6. The Morgan fingerprint density at radius 3 is 2.52 bits per heavy atom. The maximum Gasteiger partial charge on any atom is 0.224 e. The zero-order chi connectivity index (χ0) is 19.4. The summed E-state index contributed by atoms with van der Waals surface area (Å²) in [4.78, 5) is 27.5. The predicted octanol–water partition coefficient (Wildman–Crippen LogP) is 5.42. The van der Waals surface area contributed by atoms with Gasteiger partial charge in [0, 0.05) is 34.7 Å². The summed E-state index contributed by atoms with van der Waals surface area (Å²) in [5.41, 5.74) is 1.92. The van der Waals surface area contributed by atoms with Crippen molar-refractivity contribution >= 4 is 40.6 Å². The van der Waals surface area contributed by atoms with E-state index in [-0.39, 0.29) is 18.1 Å². The van der Waals surface area contributed by atoms with Crippen LogP contribution >= 0.6 is 23.2 Å². The Kier molecular flexibility index (Phi) is 5.94. The van der Waals surface area contributed by atoms with Gasteiger partial charge in [-0.25, -0.2) is 4.98 Å². The lowest BCUT2D eigenvalue weighted by Gasteiger charge is -2.05. The second-order valence-corrected chi connectivity index (χ2v) is 6.77. The molecule has 1 heterocycles. The number of hydrogen-bond donors (Lipinski definition) is 1. The summed E-state index contributed by atoms with van der Waals surface area (Å²) in [5.74, 6) is 0.771. The molecule has 1 N–H and O–H groups in total. The number of halogens is 2. The molecule has 0 saturated carbocycles. The first-order valence-corrected chi connectivity index (χ1v) is 8.99. The van der Waals surface area contributed by atoms with Gasteiger partial charge in [-0.2, -0.15) is 0 Å². The van der Waals surface area contributed by atoms with Crippen molar-refractivity contribution in [2.75, 3.05) is 5.32 Å². The number of aryl methyl sites for hydroxylation is 1. The monoisotopic (exact) mass is 402 g/mol. The lowest BCUT2D eigenvalue weighted by molar-refractivity contribution is -0.116. The van der Waals surface area contributed by atoms with Crippen molar-refractivity contribution in [3.63, 3.8) is 0 Å². The number of amides is 1. The van der Waals surface area contributed by atoms with E-state index in [2.05, 4.69) is 10.3 Å². The van der Waals surface area contributed by atoms with Crippen molar-refractivity contribution in [2.24, 2.45) is 0 Å².